The zero-order valence-corrected chi connectivity index (χ0v) is 12.8. The van der Waals surface area contributed by atoms with Crippen molar-refractivity contribution in [2.45, 2.75) is 11.7 Å². The van der Waals surface area contributed by atoms with Gasteiger partial charge in [0.05, 0.1) is 0 Å². The molecule has 20 heavy (non-hydrogen) atoms. The standard InChI is InChI=1S/C4H6O7S.C4H2O3.Na/c5-3(6)1-2(4(7)8)12(9,10)11;5-3-1-2-4(6)7-3;/h2H,1H2,(H,5,6)(H,7,8)(H,9,10,11);1-2H;/q;;+1/p-1. The molecule has 1 rings (SSSR count). The van der Waals surface area contributed by atoms with Gasteiger partial charge in [0.2, 0.25) is 0 Å². The topological polar surface area (TPSA) is 175 Å². The van der Waals surface area contributed by atoms with Crippen molar-refractivity contribution in [2.75, 3.05) is 0 Å². The summed E-state index contributed by atoms with van der Waals surface area (Å²) in [5.41, 5.74) is 0. The van der Waals surface area contributed by atoms with Gasteiger partial charge in [0.25, 0.3) is 10.1 Å². The van der Waals surface area contributed by atoms with Crippen LogP contribution in [0.3, 0.4) is 0 Å². The van der Waals surface area contributed by atoms with Crippen molar-refractivity contribution in [1.29, 1.82) is 0 Å². The fourth-order valence-electron chi connectivity index (χ4n) is 0.775. The quantitative estimate of drug-likeness (QED) is 0.220. The molecule has 1 aliphatic rings. The van der Waals surface area contributed by atoms with E-state index in [0.29, 0.717) is 0 Å². The molecule has 106 valence electrons. The molecule has 0 fully saturated rings. The van der Waals surface area contributed by atoms with E-state index in [1.165, 1.54) is 0 Å². The Bertz CT molecular complexity index is 517. The van der Waals surface area contributed by atoms with E-state index < -0.39 is 45.7 Å². The molecule has 0 saturated heterocycles. The Kier molecular flexibility index (Phi) is 9.27. The molecule has 0 aromatic carbocycles. The average Bonchev–Trinajstić information content (AvgIpc) is 2.57. The van der Waals surface area contributed by atoms with Gasteiger partial charge in [-0.25, -0.2) is 9.59 Å². The molecular weight excluding hydrogens is 311 g/mol. The molecule has 10 nitrogen and oxygen atoms in total. The minimum atomic E-state index is -4.88. The zero-order chi connectivity index (χ0) is 15.2. The molecule has 12 heteroatoms. The van der Waals surface area contributed by atoms with E-state index in [2.05, 4.69) is 4.74 Å². The van der Waals surface area contributed by atoms with E-state index in [1.54, 1.807) is 0 Å². The molecule has 0 aromatic heterocycles. The number of rotatable bonds is 4. The third kappa shape index (κ3) is 8.77. The molecule has 0 aliphatic carbocycles. The number of esters is 2. The van der Waals surface area contributed by atoms with Crippen molar-refractivity contribution >= 4 is 34.0 Å². The summed E-state index contributed by atoms with van der Waals surface area (Å²) in [6, 6.07) is 0. The summed E-state index contributed by atoms with van der Waals surface area (Å²) in [5.74, 6) is -4.95. The van der Waals surface area contributed by atoms with Crippen LogP contribution >= 0.6 is 0 Å². The zero-order valence-electron chi connectivity index (χ0n) is 10.0. The first-order valence-electron chi connectivity index (χ1n) is 4.37. The summed E-state index contributed by atoms with van der Waals surface area (Å²) in [5, 5.41) is 15.6. The van der Waals surface area contributed by atoms with Crippen LogP contribution in [-0.4, -0.2) is 47.2 Å². The van der Waals surface area contributed by atoms with Crippen molar-refractivity contribution in [3.8, 4) is 0 Å². The van der Waals surface area contributed by atoms with Crippen molar-refractivity contribution in [3.63, 3.8) is 0 Å². The maximum absolute atomic E-state index is 10.2. The monoisotopic (exact) mass is 318 g/mol. The normalized spacial score (nSPS) is 14.4. The predicted octanol–water partition coefficient (Wildman–Crippen LogP) is -5.90. The molecule has 1 unspecified atom stereocenters. The van der Waals surface area contributed by atoms with E-state index >= 15 is 0 Å². The van der Waals surface area contributed by atoms with Gasteiger partial charge in [0.1, 0.15) is 0 Å². The smallest absolute Gasteiger partial charge is 0.550 e. The van der Waals surface area contributed by atoms with Crippen LogP contribution in [0.15, 0.2) is 12.2 Å². The maximum Gasteiger partial charge on any atom is 1.00 e. The second kappa shape index (κ2) is 8.81. The van der Waals surface area contributed by atoms with Gasteiger partial charge in [-0.3, -0.25) is 9.35 Å². The molecule has 1 heterocycles. The molecule has 0 aromatic rings. The average molecular weight is 318 g/mol. The predicted molar refractivity (Wildman–Crippen MR) is 52.8 cm³/mol. The summed E-state index contributed by atoms with van der Waals surface area (Å²) in [7, 11) is -4.88. The van der Waals surface area contributed by atoms with Gasteiger partial charge in [-0.2, -0.15) is 8.42 Å². The summed E-state index contributed by atoms with van der Waals surface area (Å²) < 4.78 is 32.6. The second-order valence-electron chi connectivity index (χ2n) is 2.99. The summed E-state index contributed by atoms with van der Waals surface area (Å²) >= 11 is 0. The van der Waals surface area contributed by atoms with Crippen LogP contribution in [0.1, 0.15) is 6.42 Å². The minimum absolute atomic E-state index is 0. The van der Waals surface area contributed by atoms with E-state index in [9.17, 15) is 32.7 Å². The molecule has 0 saturated carbocycles. The number of carbonyl (C=O) groups excluding carboxylic acids is 3. The van der Waals surface area contributed by atoms with Crippen LogP contribution in [0.5, 0.6) is 0 Å². The number of carboxylic acid groups (broad SMARTS) is 2. The molecule has 0 amide bonds. The van der Waals surface area contributed by atoms with E-state index in [-0.39, 0.29) is 29.6 Å². The summed E-state index contributed by atoms with van der Waals surface area (Å²) in [4.78, 5) is 39.7. The summed E-state index contributed by atoms with van der Waals surface area (Å²) in [6.45, 7) is 0. The SMILES string of the molecule is O=C([O-])CC(C(=O)O)S(=O)(=O)O.O=C1C=CC(=O)O1.[Na+]. The molecule has 0 radical (unpaired) electrons. The number of carbonyl (C=O) groups is 4. The largest absolute Gasteiger partial charge is 1.00 e. The van der Waals surface area contributed by atoms with Gasteiger partial charge < -0.3 is 19.7 Å². The van der Waals surface area contributed by atoms with Crippen molar-refractivity contribution in [1.82, 2.24) is 0 Å². The number of aliphatic carboxylic acids is 2. The first kappa shape index (κ1) is 21.0. The minimum Gasteiger partial charge on any atom is -0.550 e. The number of cyclic esters (lactones) is 2. The Hall–Kier alpha value is -1.27. The molecule has 0 bridgehead atoms. The second-order valence-corrected chi connectivity index (χ2v) is 4.59. The molecule has 2 N–H and O–H groups in total. The van der Waals surface area contributed by atoms with Crippen molar-refractivity contribution in [2.24, 2.45) is 0 Å². The van der Waals surface area contributed by atoms with Crippen LogP contribution in [-0.2, 0) is 34.0 Å². The van der Waals surface area contributed by atoms with E-state index in [1.807, 2.05) is 0 Å². The third-order valence-electron chi connectivity index (χ3n) is 1.54. The van der Waals surface area contributed by atoms with Gasteiger partial charge >= 0.3 is 47.5 Å². The molecule has 1 aliphatic heterocycles. The van der Waals surface area contributed by atoms with Crippen molar-refractivity contribution in [3.05, 3.63) is 12.2 Å². The van der Waals surface area contributed by atoms with Crippen LogP contribution < -0.4 is 34.7 Å². The van der Waals surface area contributed by atoms with Crippen LogP contribution in [0.4, 0.5) is 0 Å². The van der Waals surface area contributed by atoms with Gasteiger partial charge in [-0.1, -0.05) is 0 Å². The summed E-state index contributed by atoms with van der Waals surface area (Å²) in [6.07, 6.45) is 0.902. The first-order valence-corrected chi connectivity index (χ1v) is 5.87. The van der Waals surface area contributed by atoms with Crippen LogP contribution in [0.2, 0.25) is 0 Å². The fourth-order valence-corrected chi connectivity index (χ4v) is 1.38. The van der Waals surface area contributed by atoms with Gasteiger partial charge in [-0.05, 0) is 0 Å². The number of ether oxygens (including phenoxy) is 1. The van der Waals surface area contributed by atoms with E-state index in [4.69, 9.17) is 9.66 Å². The molecule has 1 atom stereocenters. The maximum atomic E-state index is 10.2. The number of carboxylic acids is 2. The molecular formula is C8H7NaO10S. The van der Waals surface area contributed by atoms with Crippen LogP contribution in [0.25, 0.3) is 0 Å². The molecule has 0 spiro atoms. The Morgan fingerprint density at radius 2 is 1.65 bits per heavy atom. The third-order valence-corrected chi connectivity index (χ3v) is 2.63. The Morgan fingerprint density at radius 3 is 1.75 bits per heavy atom. The first-order chi connectivity index (χ1) is 8.54. The van der Waals surface area contributed by atoms with Gasteiger partial charge in [0.15, 0.2) is 5.25 Å². The Balaban J connectivity index is 0. The van der Waals surface area contributed by atoms with Crippen LogP contribution in [0, 0.1) is 0 Å². The van der Waals surface area contributed by atoms with E-state index in [0.717, 1.165) is 12.2 Å². The number of hydrogen-bond acceptors (Lipinski definition) is 8. The van der Waals surface area contributed by atoms with Gasteiger partial charge in [0, 0.05) is 24.5 Å². The van der Waals surface area contributed by atoms with Gasteiger partial charge in [-0.15, -0.1) is 0 Å². The Labute approximate surface area is 134 Å². The fraction of sp³-hybridized carbons (Fsp3) is 0.250. The number of hydrogen-bond donors (Lipinski definition) is 2. The van der Waals surface area contributed by atoms with Crippen molar-refractivity contribution < 1.29 is 76.7 Å². The Morgan fingerprint density at radius 1 is 1.25 bits per heavy atom.